The molecule has 0 bridgehead atoms. The molecule has 0 radical (unpaired) electrons. The van der Waals surface area contributed by atoms with E-state index < -0.39 is 52.0 Å². The maximum atomic E-state index is 14.1. The number of ketones is 1. The van der Waals surface area contributed by atoms with Gasteiger partial charge in [-0.25, -0.2) is 9.59 Å². The van der Waals surface area contributed by atoms with Crippen LogP contribution in [0.2, 0.25) is 0 Å². The Morgan fingerprint density at radius 2 is 1.73 bits per heavy atom. The summed E-state index contributed by atoms with van der Waals surface area (Å²) >= 11 is 0. The van der Waals surface area contributed by atoms with E-state index in [0.717, 1.165) is 32.1 Å². The topological polar surface area (TPSA) is 166 Å². The molecule has 2 aromatic carbocycles. The lowest BCUT2D eigenvalue weighted by atomic mass is 9.80. The quantitative estimate of drug-likeness (QED) is 0.0640. The number of methoxy groups -OCH3 is 1. The summed E-state index contributed by atoms with van der Waals surface area (Å²) in [4.78, 5) is 48.4. The molecule has 0 aromatic heterocycles. The zero-order chi connectivity index (χ0) is 35.4. The van der Waals surface area contributed by atoms with Gasteiger partial charge in [-0.2, -0.15) is 13.2 Å². The molecule has 1 aliphatic rings. The maximum absolute atomic E-state index is 14.1. The molecule has 2 atom stereocenters. The summed E-state index contributed by atoms with van der Waals surface area (Å²) < 4.78 is 57.8. The second kappa shape index (κ2) is 18.9. The minimum atomic E-state index is -5.04. The van der Waals surface area contributed by atoms with Crippen molar-refractivity contribution in [3.63, 3.8) is 0 Å². The number of ether oxygens (including phenoxy) is 3. The molecular weight excluding hydrogens is 675 g/mol. The van der Waals surface area contributed by atoms with Gasteiger partial charge in [0.15, 0.2) is 5.78 Å². The van der Waals surface area contributed by atoms with E-state index in [4.69, 9.17) is 9.47 Å². The summed E-state index contributed by atoms with van der Waals surface area (Å²) in [6.07, 6.45) is -3.27. The highest BCUT2D eigenvalue weighted by molar-refractivity contribution is 6.00. The van der Waals surface area contributed by atoms with E-state index in [0.29, 0.717) is 30.7 Å². The smallest absolute Gasteiger partial charge is 0.431 e. The lowest BCUT2D eigenvalue weighted by Crippen LogP contribution is -2.38. The number of carbonyl (C=O) groups excluding carboxylic acids is 3. The minimum Gasteiger partial charge on any atom is -0.490 e. The number of alkyl halides is 3. The fraction of sp³-hybridized carbons (Fsp3) is 0.424. The molecule has 12 nitrogen and oxygen atoms in total. The number of benzene rings is 2. The number of hydrogen-bond donors (Lipinski definition) is 3. The number of Topliss-reactive ketones (excluding diaryl/α,β-unsaturated/α-hetero) is 1. The van der Waals surface area contributed by atoms with Crippen LogP contribution in [0.1, 0.15) is 61.4 Å². The van der Waals surface area contributed by atoms with Crippen molar-refractivity contribution in [1.29, 1.82) is 0 Å². The molecule has 49 heavy (non-hydrogen) atoms. The first kappa shape index (κ1) is 40.7. The van der Waals surface area contributed by atoms with Gasteiger partial charge in [-0.15, -0.1) is 12.4 Å². The van der Waals surface area contributed by atoms with Gasteiger partial charge in [-0.3, -0.25) is 14.9 Å². The SMILES string of the molecule is COC(=O)C1=C(C(F)(F)F)NC(C)=C(C(=O)OCCCCCCNCC(O)COc2ccccc2C(C)=O)C1c1cccc([N+](=O)[O-])c1.Cl. The van der Waals surface area contributed by atoms with E-state index in [1.807, 2.05) is 0 Å². The van der Waals surface area contributed by atoms with Crippen LogP contribution in [0.4, 0.5) is 18.9 Å². The standard InChI is InChI=1S/C33H38F3N3O9.ClH/c1-20-27(28(22-11-10-12-23(17-22)39(44)45)29(31(42)46-3)30(38-20)33(34,35)36)32(43)47-16-9-5-4-8-15-37-18-24(41)19-48-26-14-7-6-13-25(26)21(2)40;/h6-7,10-14,17,24,28,37-38,41H,4-5,8-9,15-16,18-19H2,1-3H3;1H. The zero-order valence-electron chi connectivity index (χ0n) is 27.1. The first-order valence-corrected chi connectivity index (χ1v) is 15.2. The van der Waals surface area contributed by atoms with Gasteiger partial charge in [-0.05, 0) is 50.9 Å². The molecule has 2 aromatic rings. The van der Waals surface area contributed by atoms with E-state index in [2.05, 4.69) is 15.4 Å². The highest BCUT2D eigenvalue weighted by Crippen LogP contribution is 2.44. The molecule has 0 spiro atoms. The number of nitro benzene ring substituents is 1. The van der Waals surface area contributed by atoms with Crippen LogP contribution in [0.25, 0.3) is 0 Å². The Bertz CT molecular complexity index is 1560. The third-order valence-corrected chi connectivity index (χ3v) is 7.44. The van der Waals surface area contributed by atoms with Crippen molar-refractivity contribution in [2.75, 3.05) is 33.4 Å². The van der Waals surface area contributed by atoms with Crippen LogP contribution in [0.3, 0.4) is 0 Å². The highest BCUT2D eigenvalue weighted by Gasteiger charge is 2.47. The van der Waals surface area contributed by atoms with Crippen LogP contribution in [0.15, 0.2) is 71.1 Å². The Morgan fingerprint density at radius 1 is 1.04 bits per heavy atom. The first-order chi connectivity index (χ1) is 22.8. The Labute approximate surface area is 287 Å². The number of nitro groups is 1. The van der Waals surface area contributed by atoms with Crippen molar-refractivity contribution in [2.24, 2.45) is 0 Å². The predicted octanol–water partition coefficient (Wildman–Crippen LogP) is 5.30. The molecule has 0 fully saturated rings. The van der Waals surface area contributed by atoms with E-state index in [9.17, 15) is 42.8 Å². The molecule has 3 N–H and O–H groups in total. The first-order valence-electron chi connectivity index (χ1n) is 15.2. The van der Waals surface area contributed by atoms with Gasteiger partial charge in [0.1, 0.15) is 24.2 Å². The van der Waals surface area contributed by atoms with Crippen LogP contribution in [0.5, 0.6) is 5.75 Å². The Morgan fingerprint density at radius 3 is 2.39 bits per heavy atom. The number of carbonyl (C=O) groups is 3. The molecule has 0 amide bonds. The summed E-state index contributed by atoms with van der Waals surface area (Å²) in [6.45, 7) is 3.46. The van der Waals surface area contributed by atoms with Gasteiger partial charge >= 0.3 is 18.1 Å². The van der Waals surface area contributed by atoms with Gasteiger partial charge in [-0.1, -0.05) is 37.1 Å². The number of allylic oxidation sites excluding steroid dienone is 2. The predicted molar refractivity (Wildman–Crippen MR) is 174 cm³/mol. The van der Waals surface area contributed by atoms with Crippen LogP contribution in [-0.4, -0.2) is 73.4 Å². The number of non-ortho nitro benzene ring substituents is 1. The number of aliphatic hydroxyl groups excluding tert-OH is 1. The number of esters is 2. The van der Waals surface area contributed by atoms with Gasteiger partial charge < -0.3 is 30.0 Å². The molecule has 16 heteroatoms. The van der Waals surface area contributed by atoms with E-state index in [1.165, 1.54) is 26.0 Å². The lowest BCUT2D eigenvalue weighted by molar-refractivity contribution is -0.384. The van der Waals surface area contributed by atoms with Crippen molar-refractivity contribution >= 4 is 35.8 Å². The number of para-hydroxylation sites is 1. The van der Waals surface area contributed by atoms with Crippen molar-refractivity contribution in [1.82, 2.24) is 10.6 Å². The molecule has 2 unspecified atom stereocenters. The molecule has 0 aliphatic carbocycles. The van der Waals surface area contributed by atoms with Crippen molar-refractivity contribution in [3.05, 3.63) is 92.3 Å². The number of unbranched alkanes of at least 4 members (excludes halogenated alkanes) is 3. The van der Waals surface area contributed by atoms with Gasteiger partial charge in [0.25, 0.3) is 5.69 Å². The number of halogens is 4. The molecule has 1 heterocycles. The summed E-state index contributed by atoms with van der Waals surface area (Å²) in [5.74, 6) is -3.74. The molecule has 268 valence electrons. The van der Waals surface area contributed by atoms with Crippen molar-refractivity contribution in [2.45, 2.75) is 57.7 Å². The van der Waals surface area contributed by atoms with Crippen molar-refractivity contribution in [3.8, 4) is 5.75 Å². The second-order valence-electron chi connectivity index (χ2n) is 11.0. The number of rotatable bonds is 17. The molecule has 3 rings (SSSR count). The third-order valence-electron chi connectivity index (χ3n) is 7.44. The van der Waals surface area contributed by atoms with E-state index in [-0.39, 0.29) is 54.8 Å². The monoisotopic (exact) mass is 713 g/mol. The summed E-state index contributed by atoms with van der Waals surface area (Å²) in [5, 5.41) is 26.8. The van der Waals surface area contributed by atoms with Crippen molar-refractivity contribution < 1.29 is 51.8 Å². The minimum absolute atomic E-state index is 0. The average molecular weight is 714 g/mol. The Kier molecular flexibility index (Phi) is 15.7. The number of nitrogens with zero attached hydrogens (tertiary/aromatic N) is 1. The average Bonchev–Trinajstić information content (AvgIpc) is 3.05. The maximum Gasteiger partial charge on any atom is 0.431 e. The second-order valence-corrected chi connectivity index (χ2v) is 11.0. The van der Waals surface area contributed by atoms with Crippen LogP contribution in [0, 0.1) is 10.1 Å². The fourth-order valence-electron chi connectivity index (χ4n) is 5.15. The Balaban J connectivity index is 0.00000833. The van der Waals surface area contributed by atoms with Gasteiger partial charge in [0, 0.05) is 24.4 Å². The zero-order valence-corrected chi connectivity index (χ0v) is 27.9. The normalized spacial score (nSPS) is 15.1. The lowest BCUT2D eigenvalue weighted by Gasteiger charge is -2.31. The number of hydrogen-bond acceptors (Lipinski definition) is 11. The number of nitrogens with one attached hydrogen (secondary N) is 2. The fourth-order valence-corrected chi connectivity index (χ4v) is 5.15. The molecule has 0 saturated carbocycles. The Hall–Kier alpha value is -4.47. The number of aliphatic hydroxyl groups is 1. The van der Waals surface area contributed by atoms with Gasteiger partial charge in [0.2, 0.25) is 0 Å². The highest BCUT2D eigenvalue weighted by atomic mass is 35.5. The van der Waals surface area contributed by atoms with Crippen LogP contribution in [-0.2, 0) is 19.1 Å². The summed E-state index contributed by atoms with van der Waals surface area (Å²) in [6, 6.07) is 11.4. The summed E-state index contributed by atoms with van der Waals surface area (Å²) in [7, 11) is 0.890. The van der Waals surface area contributed by atoms with Crippen LogP contribution < -0.4 is 15.4 Å². The van der Waals surface area contributed by atoms with Crippen LogP contribution >= 0.6 is 12.4 Å². The molecule has 0 saturated heterocycles. The largest absolute Gasteiger partial charge is 0.490 e. The van der Waals surface area contributed by atoms with E-state index in [1.54, 1.807) is 24.3 Å². The molecule has 1 aliphatic heterocycles. The van der Waals surface area contributed by atoms with E-state index >= 15 is 0 Å². The van der Waals surface area contributed by atoms with Gasteiger partial charge in [0.05, 0.1) is 41.3 Å². The third kappa shape index (κ3) is 11.3. The molecular formula is C33H39ClF3N3O9. The number of dihydropyridines is 1. The summed E-state index contributed by atoms with van der Waals surface area (Å²) in [5.41, 5.74) is -2.99.